The lowest BCUT2D eigenvalue weighted by Gasteiger charge is -2.15. The highest BCUT2D eigenvalue weighted by Crippen LogP contribution is 2.31. The largest absolute Gasteiger partial charge is 0.355 e. The molecule has 4 nitrogen and oxygen atoms in total. The molecule has 0 aliphatic heterocycles. The van der Waals surface area contributed by atoms with Crippen molar-refractivity contribution in [1.29, 1.82) is 0 Å². The van der Waals surface area contributed by atoms with Gasteiger partial charge in [0.1, 0.15) is 5.52 Å². The molecule has 0 saturated carbocycles. The predicted octanol–water partition coefficient (Wildman–Crippen LogP) is 7.98. The van der Waals surface area contributed by atoms with E-state index in [9.17, 15) is 0 Å². The van der Waals surface area contributed by atoms with Crippen molar-refractivity contribution in [1.82, 2.24) is 15.0 Å². The smallest absolute Gasteiger partial charge is 0.113 e. The third-order valence-corrected chi connectivity index (χ3v) is 5.82. The van der Waals surface area contributed by atoms with Crippen molar-refractivity contribution in [3.05, 3.63) is 134 Å². The van der Waals surface area contributed by atoms with Gasteiger partial charge in [-0.15, -0.1) is 5.10 Å². The maximum absolute atomic E-state index is 4.38. The number of fused-ring (bicyclic) bond motifs is 1. The molecule has 1 aromatic heterocycles. The van der Waals surface area contributed by atoms with Crippen LogP contribution in [0.5, 0.6) is 0 Å². The summed E-state index contributed by atoms with van der Waals surface area (Å²) in [6.07, 6.45) is 8.01. The van der Waals surface area contributed by atoms with Crippen LogP contribution in [0.25, 0.3) is 33.4 Å². The summed E-state index contributed by atoms with van der Waals surface area (Å²) in [7, 11) is 0. The van der Waals surface area contributed by atoms with E-state index < -0.39 is 0 Å². The van der Waals surface area contributed by atoms with Crippen LogP contribution in [0.2, 0.25) is 0 Å². The molecule has 170 valence electrons. The first-order valence-electron chi connectivity index (χ1n) is 11.6. The van der Waals surface area contributed by atoms with Gasteiger partial charge in [-0.3, -0.25) is 0 Å². The number of hydrogen-bond acceptors (Lipinski definition) is 3. The Labute approximate surface area is 205 Å². The van der Waals surface area contributed by atoms with E-state index in [-0.39, 0.29) is 0 Å². The third kappa shape index (κ3) is 4.82. The van der Waals surface area contributed by atoms with Crippen LogP contribution in [0, 0.1) is 0 Å². The minimum Gasteiger partial charge on any atom is -0.355 e. The first kappa shape index (κ1) is 22.1. The highest BCUT2D eigenvalue weighted by molar-refractivity contribution is 5.85. The molecule has 4 heteroatoms. The fourth-order valence-electron chi connectivity index (χ4n) is 4.00. The summed E-state index contributed by atoms with van der Waals surface area (Å²) < 4.78 is 1.86. The average molecular weight is 455 g/mol. The number of hydrogen-bond donors (Lipinski definition) is 1. The number of nitrogens with one attached hydrogen (secondary N) is 1. The number of para-hydroxylation sites is 1. The number of rotatable bonds is 7. The second kappa shape index (κ2) is 10.1. The van der Waals surface area contributed by atoms with E-state index in [0.29, 0.717) is 0 Å². The molecule has 0 fully saturated rings. The van der Waals surface area contributed by atoms with Gasteiger partial charge in [-0.1, -0.05) is 90.7 Å². The van der Waals surface area contributed by atoms with Gasteiger partial charge in [0.15, 0.2) is 0 Å². The van der Waals surface area contributed by atoms with Gasteiger partial charge in [-0.2, -0.15) is 0 Å². The van der Waals surface area contributed by atoms with Gasteiger partial charge >= 0.3 is 0 Å². The van der Waals surface area contributed by atoms with Crippen LogP contribution in [0.3, 0.4) is 0 Å². The number of nitrogens with zero attached hydrogens (tertiary/aromatic N) is 3. The molecule has 0 saturated heterocycles. The Morgan fingerprint density at radius 2 is 1.57 bits per heavy atom. The van der Waals surface area contributed by atoms with Crippen LogP contribution < -0.4 is 5.32 Å². The van der Waals surface area contributed by atoms with Crippen LogP contribution in [0.4, 0.5) is 11.4 Å². The third-order valence-electron chi connectivity index (χ3n) is 5.82. The van der Waals surface area contributed by atoms with Gasteiger partial charge in [0.05, 0.1) is 11.2 Å². The van der Waals surface area contributed by atoms with Crippen molar-refractivity contribution in [3.8, 4) is 16.8 Å². The van der Waals surface area contributed by atoms with Crippen molar-refractivity contribution in [3.63, 3.8) is 0 Å². The Balaban J connectivity index is 1.50. The number of aromatic nitrogens is 3. The van der Waals surface area contributed by atoms with Crippen molar-refractivity contribution in [2.24, 2.45) is 0 Å². The van der Waals surface area contributed by atoms with E-state index in [1.165, 1.54) is 11.1 Å². The van der Waals surface area contributed by atoms with Crippen molar-refractivity contribution >= 4 is 28.0 Å². The van der Waals surface area contributed by atoms with E-state index in [0.717, 1.165) is 39.2 Å². The summed E-state index contributed by atoms with van der Waals surface area (Å²) in [5.41, 5.74) is 9.02. The van der Waals surface area contributed by atoms with Gasteiger partial charge in [0.25, 0.3) is 0 Å². The molecule has 0 atom stereocenters. The quantitative estimate of drug-likeness (QED) is 0.254. The minimum atomic E-state index is 0.863. The van der Waals surface area contributed by atoms with Crippen molar-refractivity contribution in [2.75, 3.05) is 5.32 Å². The SMILES string of the molecule is C=C(/C=C\C=C/C)c1cc(-n2nnc3ccccc32)ccc1Nc1ccc(-c2ccccc2)cc1. The molecule has 4 aromatic carbocycles. The normalized spacial score (nSPS) is 11.5. The van der Waals surface area contributed by atoms with Gasteiger partial charge in [0, 0.05) is 16.9 Å². The molecule has 35 heavy (non-hydrogen) atoms. The first-order chi connectivity index (χ1) is 17.2. The lowest BCUT2D eigenvalue weighted by atomic mass is 10.0. The highest BCUT2D eigenvalue weighted by Gasteiger charge is 2.11. The topological polar surface area (TPSA) is 42.7 Å². The summed E-state index contributed by atoms with van der Waals surface area (Å²) in [5.74, 6) is 0. The monoisotopic (exact) mass is 454 g/mol. The lowest BCUT2D eigenvalue weighted by molar-refractivity contribution is 0.824. The summed E-state index contributed by atoms with van der Waals surface area (Å²) in [6.45, 7) is 6.33. The molecule has 1 heterocycles. The molecule has 5 rings (SSSR count). The Morgan fingerprint density at radius 1 is 0.829 bits per heavy atom. The molecule has 0 spiro atoms. The maximum atomic E-state index is 4.38. The molecular weight excluding hydrogens is 428 g/mol. The second-order valence-corrected chi connectivity index (χ2v) is 8.20. The molecular formula is C31H26N4. The average Bonchev–Trinajstić information content (AvgIpc) is 3.34. The maximum Gasteiger partial charge on any atom is 0.113 e. The van der Waals surface area contributed by atoms with E-state index >= 15 is 0 Å². The molecule has 0 bridgehead atoms. The lowest BCUT2D eigenvalue weighted by Crippen LogP contribution is -2.01. The molecule has 5 aromatic rings. The Morgan fingerprint density at radius 3 is 2.37 bits per heavy atom. The Bertz CT molecular complexity index is 1520. The van der Waals surface area contributed by atoms with Crippen LogP contribution >= 0.6 is 0 Å². The Kier molecular flexibility index (Phi) is 6.35. The predicted molar refractivity (Wildman–Crippen MR) is 147 cm³/mol. The van der Waals surface area contributed by atoms with Crippen LogP contribution in [-0.2, 0) is 0 Å². The fraction of sp³-hybridized carbons (Fsp3) is 0.0323. The zero-order chi connectivity index (χ0) is 24.0. The van der Waals surface area contributed by atoms with E-state index in [1.807, 2.05) is 72.3 Å². The summed E-state index contributed by atoms with van der Waals surface area (Å²) in [6, 6.07) is 33.0. The molecule has 0 amide bonds. The number of benzene rings is 4. The first-order valence-corrected chi connectivity index (χ1v) is 11.6. The summed E-state index contributed by atoms with van der Waals surface area (Å²) in [5, 5.41) is 12.3. The summed E-state index contributed by atoms with van der Waals surface area (Å²) in [4.78, 5) is 0. The standard InChI is InChI=1S/C31H26N4/c1-3-4-6-11-23(2)28-22-27(35-31-15-10-9-14-30(31)33-34-35)20-21-29(28)32-26-18-16-25(17-19-26)24-12-7-5-8-13-24/h3-22,32H,2H2,1H3/b4-3-,11-6-. The Hall–Kier alpha value is -4.70. The van der Waals surface area contributed by atoms with Gasteiger partial charge in [-0.05, 0) is 66.1 Å². The summed E-state index contributed by atoms with van der Waals surface area (Å²) >= 11 is 0. The van der Waals surface area contributed by atoms with E-state index in [2.05, 4.69) is 82.9 Å². The molecule has 0 unspecified atom stereocenters. The molecule has 0 aliphatic rings. The van der Waals surface area contributed by atoms with Crippen molar-refractivity contribution in [2.45, 2.75) is 6.92 Å². The zero-order valence-corrected chi connectivity index (χ0v) is 19.6. The van der Waals surface area contributed by atoms with E-state index in [1.54, 1.807) is 0 Å². The fourth-order valence-corrected chi connectivity index (χ4v) is 4.00. The van der Waals surface area contributed by atoms with Crippen LogP contribution in [-0.4, -0.2) is 15.0 Å². The molecule has 0 radical (unpaired) electrons. The number of anilines is 2. The van der Waals surface area contributed by atoms with Gasteiger partial charge in [-0.25, -0.2) is 4.68 Å². The highest BCUT2D eigenvalue weighted by atomic mass is 15.4. The van der Waals surface area contributed by atoms with E-state index in [4.69, 9.17) is 0 Å². The van der Waals surface area contributed by atoms with Gasteiger partial charge in [0.2, 0.25) is 0 Å². The van der Waals surface area contributed by atoms with Gasteiger partial charge < -0.3 is 5.32 Å². The minimum absolute atomic E-state index is 0.863. The molecule has 1 N–H and O–H groups in total. The zero-order valence-electron chi connectivity index (χ0n) is 19.6. The van der Waals surface area contributed by atoms with Crippen LogP contribution in [0.15, 0.2) is 128 Å². The molecule has 0 aliphatic carbocycles. The van der Waals surface area contributed by atoms with Crippen molar-refractivity contribution < 1.29 is 0 Å². The second-order valence-electron chi connectivity index (χ2n) is 8.20. The van der Waals surface area contributed by atoms with Crippen LogP contribution in [0.1, 0.15) is 12.5 Å². The number of allylic oxidation sites excluding steroid dienone is 5.